The maximum absolute atomic E-state index is 10.9. The van der Waals surface area contributed by atoms with E-state index in [1.165, 1.54) is 0 Å². The van der Waals surface area contributed by atoms with Crippen LogP contribution in [-0.2, 0) is 4.79 Å². The average molecular weight is 228 g/mol. The minimum absolute atomic E-state index is 0.125. The van der Waals surface area contributed by atoms with Crippen molar-refractivity contribution in [1.82, 2.24) is 0 Å². The van der Waals surface area contributed by atoms with Crippen LogP contribution in [0.3, 0.4) is 0 Å². The highest BCUT2D eigenvalue weighted by molar-refractivity contribution is 5.89. The molecule has 0 aliphatic rings. The zero-order valence-corrected chi connectivity index (χ0v) is 6.48. The highest BCUT2D eigenvalue weighted by atomic mass is 19.4. The molecule has 0 amide bonds. The van der Waals surface area contributed by atoms with Gasteiger partial charge >= 0.3 is 18.1 Å². The first-order valence-electron chi connectivity index (χ1n) is 2.97. The quantitative estimate of drug-likeness (QED) is 0.648. The summed E-state index contributed by atoms with van der Waals surface area (Å²) in [5, 5.41) is 15.2. The predicted octanol–water partition coefficient (Wildman–Crippen LogP) is 0.651. The zero-order valence-electron chi connectivity index (χ0n) is 6.48. The van der Waals surface area contributed by atoms with Gasteiger partial charge in [0.1, 0.15) is 0 Å². The van der Waals surface area contributed by atoms with E-state index in [-0.39, 0.29) is 13.2 Å². The number of carbonyl (C=O) groups is 1. The van der Waals surface area contributed by atoms with Gasteiger partial charge < -0.3 is 10.2 Å². The molecule has 0 spiro atoms. The zero-order chi connectivity index (χ0) is 12.0. The van der Waals surface area contributed by atoms with Crippen LogP contribution >= 0.6 is 0 Å². The summed E-state index contributed by atoms with van der Waals surface area (Å²) in [6, 6.07) is 0. The molecule has 9 heteroatoms. The summed E-state index contributed by atoms with van der Waals surface area (Å²) >= 11 is 0. The van der Waals surface area contributed by atoms with Crippen molar-refractivity contribution in [2.75, 3.05) is 13.2 Å². The molecule has 0 aromatic carbocycles. The molecule has 2 N–H and O–H groups in total. The normalized spacial score (nSPS) is 11.7. The molecule has 3 nitrogen and oxygen atoms in total. The lowest BCUT2D eigenvalue weighted by Gasteiger charge is -2.06. The standard InChI is InChI=1S/C3F6O.C2H6O2/c4-2(5,6)1(10)3(7,8)9;3-1-2-4/h;3-4H,1-2H2. The van der Waals surface area contributed by atoms with Gasteiger partial charge in [0.2, 0.25) is 0 Å². The number of hydrogen-bond donors (Lipinski definition) is 2. The van der Waals surface area contributed by atoms with Gasteiger partial charge in [0.05, 0.1) is 13.2 Å². The lowest BCUT2D eigenvalue weighted by atomic mass is 10.4. The Bertz CT molecular complexity index is 153. The Labute approximate surface area is 73.9 Å². The SMILES string of the molecule is O=C(C(F)(F)F)C(F)(F)F.OCCO. The topological polar surface area (TPSA) is 57.5 Å². The van der Waals surface area contributed by atoms with Crippen molar-refractivity contribution >= 4 is 5.78 Å². The number of ketones is 1. The summed E-state index contributed by atoms with van der Waals surface area (Å²) in [6.45, 7) is -0.250. The lowest BCUT2D eigenvalue weighted by molar-refractivity contribution is -0.217. The van der Waals surface area contributed by atoms with Gasteiger partial charge in [0.25, 0.3) is 0 Å². The number of halogens is 6. The number of Topliss-reactive ketones (excluding diaryl/α,β-unsaturated/α-hetero) is 1. The molecule has 0 fully saturated rings. The van der Waals surface area contributed by atoms with E-state index < -0.39 is 18.1 Å². The summed E-state index contributed by atoms with van der Waals surface area (Å²) in [4.78, 5) is 9.24. The van der Waals surface area contributed by atoms with Gasteiger partial charge in [0.15, 0.2) is 0 Å². The second-order valence-corrected chi connectivity index (χ2v) is 1.77. The average Bonchev–Trinajstić information content (AvgIpc) is 2.00. The highest BCUT2D eigenvalue weighted by Crippen LogP contribution is 2.28. The van der Waals surface area contributed by atoms with E-state index in [0.29, 0.717) is 0 Å². The number of aliphatic hydroxyl groups is 2. The Morgan fingerprint density at radius 2 is 1.07 bits per heavy atom. The molecule has 0 aromatic rings. The molecule has 0 aliphatic carbocycles. The fourth-order valence-electron chi connectivity index (χ4n) is 0.161. The predicted molar refractivity (Wildman–Crippen MR) is 31.3 cm³/mol. The van der Waals surface area contributed by atoms with Crippen LogP contribution in [0.2, 0.25) is 0 Å². The van der Waals surface area contributed by atoms with E-state index in [2.05, 4.69) is 0 Å². The van der Waals surface area contributed by atoms with Crippen molar-refractivity contribution in [3.05, 3.63) is 0 Å². The van der Waals surface area contributed by atoms with Crippen LogP contribution < -0.4 is 0 Å². The first-order valence-corrected chi connectivity index (χ1v) is 2.97. The van der Waals surface area contributed by atoms with E-state index in [0.717, 1.165) is 0 Å². The van der Waals surface area contributed by atoms with E-state index in [1.54, 1.807) is 0 Å². The number of rotatable bonds is 1. The monoisotopic (exact) mass is 228 g/mol. The second kappa shape index (κ2) is 5.81. The first-order chi connectivity index (χ1) is 6.07. The van der Waals surface area contributed by atoms with Crippen LogP contribution in [0.4, 0.5) is 26.3 Å². The fraction of sp³-hybridized carbons (Fsp3) is 0.800. The second-order valence-electron chi connectivity index (χ2n) is 1.77. The molecule has 0 heterocycles. The summed E-state index contributed by atoms with van der Waals surface area (Å²) < 4.78 is 65.3. The van der Waals surface area contributed by atoms with Crippen LogP contribution in [0.5, 0.6) is 0 Å². The molecule has 0 bridgehead atoms. The largest absolute Gasteiger partial charge is 0.459 e. The molecule has 86 valence electrons. The van der Waals surface area contributed by atoms with Gasteiger partial charge in [-0.3, -0.25) is 4.79 Å². The van der Waals surface area contributed by atoms with Crippen molar-refractivity contribution in [1.29, 1.82) is 0 Å². The fourth-order valence-corrected chi connectivity index (χ4v) is 0.161. The molecule has 0 radical (unpaired) electrons. The molecule has 0 aromatic heterocycles. The summed E-state index contributed by atoms with van der Waals surface area (Å²) in [5.41, 5.74) is 0. The van der Waals surface area contributed by atoms with Crippen molar-refractivity contribution in [3.63, 3.8) is 0 Å². The maximum Gasteiger partial charge on any atom is 0.459 e. The summed E-state index contributed by atoms with van der Waals surface area (Å²) in [6.07, 6.45) is -11.6. The van der Waals surface area contributed by atoms with Crippen LogP contribution in [-0.4, -0.2) is 41.6 Å². The van der Waals surface area contributed by atoms with Gasteiger partial charge in [-0.25, -0.2) is 0 Å². The number of alkyl halides is 6. The molecular formula is C5H6F6O3. The Morgan fingerprint density at radius 1 is 0.857 bits per heavy atom. The molecule has 0 saturated carbocycles. The van der Waals surface area contributed by atoms with Crippen LogP contribution in [0.15, 0.2) is 0 Å². The van der Waals surface area contributed by atoms with E-state index >= 15 is 0 Å². The summed E-state index contributed by atoms with van der Waals surface area (Å²) in [5.74, 6) is -3.68. The molecule has 0 atom stereocenters. The third kappa shape index (κ3) is 7.80. The molecule has 0 aliphatic heterocycles. The highest BCUT2D eigenvalue weighted by Gasteiger charge is 2.55. The molecule has 0 saturated heterocycles. The van der Waals surface area contributed by atoms with E-state index in [9.17, 15) is 31.1 Å². The van der Waals surface area contributed by atoms with Crippen LogP contribution in [0.1, 0.15) is 0 Å². The van der Waals surface area contributed by atoms with Gasteiger partial charge in [-0.2, -0.15) is 26.3 Å². The Morgan fingerprint density at radius 3 is 1.07 bits per heavy atom. The first kappa shape index (κ1) is 15.6. The third-order valence-corrected chi connectivity index (χ3v) is 0.615. The minimum Gasteiger partial charge on any atom is -0.394 e. The third-order valence-electron chi connectivity index (χ3n) is 0.615. The van der Waals surface area contributed by atoms with Gasteiger partial charge in [-0.1, -0.05) is 0 Å². The minimum atomic E-state index is -5.82. The van der Waals surface area contributed by atoms with E-state index in [4.69, 9.17) is 10.2 Å². The molecular weight excluding hydrogens is 222 g/mol. The van der Waals surface area contributed by atoms with Crippen LogP contribution in [0, 0.1) is 0 Å². The Balaban J connectivity index is 0. The van der Waals surface area contributed by atoms with Crippen molar-refractivity contribution in [2.24, 2.45) is 0 Å². The number of carbonyl (C=O) groups excluding carboxylic acids is 1. The Kier molecular flexibility index (Phi) is 6.48. The number of aliphatic hydroxyl groups excluding tert-OH is 2. The van der Waals surface area contributed by atoms with Gasteiger partial charge in [-0.05, 0) is 0 Å². The number of hydrogen-bond acceptors (Lipinski definition) is 3. The van der Waals surface area contributed by atoms with Crippen molar-refractivity contribution in [3.8, 4) is 0 Å². The van der Waals surface area contributed by atoms with Gasteiger partial charge in [0, 0.05) is 0 Å². The maximum atomic E-state index is 10.9. The Hall–Kier alpha value is -0.830. The smallest absolute Gasteiger partial charge is 0.394 e. The van der Waals surface area contributed by atoms with Gasteiger partial charge in [-0.15, -0.1) is 0 Å². The van der Waals surface area contributed by atoms with Crippen LogP contribution in [0.25, 0.3) is 0 Å². The molecule has 0 unspecified atom stereocenters. The van der Waals surface area contributed by atoms with E-state index in [1.807, 2.05) is 0 Å². The molecule has 14 heavy (non-hydrogen) atoms. The molecule has 0 rings (SSSR count). The van der Waals surface area contributed by atoms with Crippen molar-refractivity contribution < 1.29 is 41.4 Å². The van der Waals surface area contributed by atoms with Crippen molar-refractivity contribution in [2.45, 2.75) is 12.4 Å². The lowest BCUT2D eigenvalue weighted by Crippen LogP contribution is -2.36. The summed E-state index contributed by atoms with van der Waals surface area (Å²) in [7, 11) is 0.